The van der Waals surface area contributed by atoms with E-state index in [9.17, 15) is 0 Å². The number of nitrogens with one attached hydrogen (secondary N) is 1. The van der Waals surface area contributed by atoms with Crippen molar-refractivity contribution in [3.05, 3.63) is 0 Å². The molecule has 0 bridgehead atoms. The normalized spacial score (nSPS) is 29.4. The van der Waals surface area contributed by atoms with Crippen LogP contribution in [-0.2, 0) is 0 Å². The summed E-state index contributed by atoms with van der Waals surface area (Å²) in [7, 11) is 0. The predicted octanol–water partition coefficient (Wildman–Crippen LogP) is 2.64. The molecule has 2 atom stereocenters. The van der Waals surface area contributed by atoms with Gasteiger partial charge in [0.25, 0.3) is 0 Å². The molecule has 0 heterocycles. The largest absolute Gasteiger partial charge is 0.317 e. The number of unbranched alkanes of at least 4 members (excludes halogenated alkanes) is 1. The maximum atomic E-state index is 3.52. The Hall–Kier alpha value is -0.0800. The Balaban J connectivity index is 1.78. The molecule has 0 saturated heterocycles. The maximum absolute atomic E-state index is 3.52. The van der Waals surface area contributed by atoms with E-state index in [1.54, 1.807) is 0 Å². The summed E-state index contributed by atoms with van der Waals surface area (Å²) in [4.78, 5) is 2.84. The summed E-state index contributed by atoms with van der Waals surface area (Å²) in [5.74, 6) is 0.942. The first-order valence-electron chi connectivity index (χ1n) is 7.33. The van der Waals surface area contributed by atoms with Crippen molar-refractivity contribution in [2.24, 2.45) is 5.92 Å². The molecule has 0 amide bonds. The van der Waals surface area contributed by atoms with Gasteiger partial charge in [-0.15, -0.1) is 0 Å². The molecule has 0 aliphatic heterocycles. The molecular formula is C14H28N2. The molecule has 2 fully saturated rings. The van der Waals surface area contributed by atoms with E-state index in [1.165, 1.54) is 51.6 Å². The van der Waals surface area contributed by atoms with Crippen LogP contribution in [0.5, 0.6) is 0 Å². The van der Waals surface area contributed by atoms with E-state index in [0.717, 1.165) is 24.5 Å². The maximum Gasteiger partial charge on any atom is 0.0139 e. The molecule has 1 N–H and O–H groups in total. The first-order chi connectivity index (χ1) is 7.86. The molecule has 2 rings (SSSR count). The van der Waals surface area contributed by atoms with Crippen LogP contribution in [0.3, 0.4) is 0 Å². The van der Waals surface area contributed by atoms with Crippen molar-refractivity contribution < 1.29 is 0 Å². The van der Waals surface area contributed by atoms with Crippen LogP contribution < -0.4 is 5.32 Å². The summed E-state index contributed by atoms with van der Waals surface area (Å²) in [5.41, 5.74) is 0. The Kier molecular flexibility index (Phi) is 4.66. The lowest BCUT2D eigenvalue weighted by Gasteiger charge is -2.45. The topological polar surface area (TPSA) is 15.3 Å². The summed E-state index contributed by atoms with van der Waals surface area (Å²) < 4.78 is 0. The van der Waals surface area contributed by atoms with E-state index < -0.39 is 0 Å². The average molecular weight is 224 g/mol. The van der Waals surface area contributed by atoms with Gasteiger partial charge in [0.15, 0.2) is 0 Å². The Morgan fingerprint density at radius 1 is 1.12 bits per heavy atom. The first-order valence-corrected chi connectivity index (χ1v) is 7.33. The molecule has 0 aromatic heterocycles. The fourth-order valence-electron chi connectivity index (χ4n) is 2.92. The Labute approximate surface area is 101 Å². The fraction of sp³-hybridized carbons (Fsp3) is 1.00. The predicted molar refractivity (Wildman–Crippen MR) is 69.7 cm³/mol. The Morgan fingerprint density at radius 3 is 2.44 bits per heavy atom. The standard InChI is InChI=1S/C14H28N2/c1-3-5-10-16(13-7-8-13)14-9-6-12(14)11-15-4-2/h12-15H,3-11H2,1-2H3. The molecule has 2 aliphatic carbocycles. The van der Waals surface area contributed by atoms with Crippen molar-refractivity contribution in [2.75, 3.05) is 19.6 Å². The van der Waals surface area contributed by atoms with Crippen molar-refractivity contribution in [3.63, 3.8) is 0 Å². The lowest BCUT2D eigenvalue weighted by atomic mass is 9.78. The van der Waals surface area contributed by atoms with Crippen LogP contribution in [0.4, 0.5) is 0 Å². The van der Waals surface area contributed by atoms with Crippen molar-refractivity contribution in [3.8, 4) is 0 Å². The highest BCUT2D eigenvalue weighted by Crippen LogP contribution is 2.38. The number of hydrogen-bond donors (Lipinski definition) is 1. The lowest BCUT2D eigenvalue weighted by Crippen LogP contribution is -2.51. The van der Waals surface area contributed by atoms with Gasteiger partial charge in [0.05, 0.1) is 0 Å². The summed E-state index contributed by atoms with van der Waals surface area (Å²) in [6.45, 7) is 8.25. The van der Waals surface area contributed by atoms with Crippen LogP contribution in [0.2, 0.25) is 0 Å². The van der Waals surface area contributed by atoms with Gasteiger partial charge in [-0.25, -0.2) is 0 Å². The van der Waals surface area contributed by atoms with E-state index in [1.807, 2.05) is 0 Å². The second-order valence-electron chi connectivity index (χ2n) is 5.54. The van der Waals surface area contributed by atoms with E-state index in [4.69, 9.17) is 0 Å². The Morgan fingerprint density at radius 2 is 1.94 bits per heavy atom. The van der Waals surface area contributed by atoms with Gasteiger partial charge in [0, 0.05) is 12.1 Å². The minimum atomic E-state index is 0.915. The smallest absolute Gasteiger partial charge is 0.0139 e. The third-order valence-corrected chi connectivity index (χ3v) is 4.25. The van der Waals surface area contributed by atoms with Crippen molar-refractivity contribution >= 4 is 0 Å². The zero-order chi connectivity index (χ0) is 11.4. The molecule has 0 spiro atoms. The van der Waals surface area contributed by atoms with Crippen molar-refractivity contribution in [1.29, 1.82) is 0 Å². The average Bonchev–Trinajstić information content (AvgIpc) is 3.06. The highest BCUT2D eigenvalue weighted by Gasteiger charge is 2.41. The van der Waals surface area contributed by atoms with Crippen LogP contribution >= 0.6 is 0 Å². The third kappa shape index (κ3) is 2.98. The zero-order valence-corrected chi connectivity index (χ0v) is 11.0. The second kappa shape index (κ2) is 6.02. The highest BCUT2D eigenvalue weighted by molar-refractivity contribution is 4.96. The summed E-state index contributed by atoms with van der Waals surface area (Å²) >= 11 is 0. The van der Waals surface area contributed by atoms with Gasteiger partial charge in [0.2, 0.25) is 0 Å². The van der Waals surface area contributed by atoms with E-state index in [0.29, 0.717) is 0 Å². The molecule has 0 aromatic rings. The first kappa shape index (κ1) is 12.4. The molecule has 2 nitrogen and oxygen atoms in total. The van der Waals surface area contributed by atoms with Gasteiger partial charge in [-0.3, -0.25) is 4.90 Å². The number of hydrogen-bond acceptors (Lipinski definition) is 2. The third-order valence-electron chi connectivity index (χ3n) is 4.25. The van der Waals surface area contributed by atoms with Gasteiger partial charge in [-0.05, 0) is 57.7 Å². The Bertz CT molecular complexity index is 201. The van der Waals surface area contributed by atoms with Crippen LogP contribution in [0.1, 0.15) is 52.4 Å². The van der Waals surface area contributed by atoms with Gasteiger partial charge in [-0.2, -0.15) is 0 Å². The van der Waals surface area contributed by atoms with Crippen molar-refractivity contribution in [2.45, 2.75) is 64.5 Å². The molecule has 94 valence electrons. The van der Waals surface area contributed by atoms with Crippen LogP contribution in [0.25, 0.3) is 0 Å². The quantitative estimate of drug-likeness (QED) is 0.682. The molecule has 2 heteroatoms. The molecular weight excluding hydrogens is 196 g/mol. The fourth-order valence-corrected chi connectivity index (χ4v) is 2.92. The second-order valence-corrected chi connectivity index (χ2v) is 5.54. The molecule has 2 saturated carbocycles. The molecule has 2 aliphatic rings. The highest BCUT2D eigenvalue weighted by atomic mass is 15.2. The number of rotatable bonds is 8. The summed E-state index contributed by atoms with van der Waals surface area (Å²) in [6, 6.07) is 1.87. The number of nitrogens with zero attached hydrogens (tertiary/aromatic N) is 1. The molecule has 0 radical (unpaired) electrons. The van der Waals surface area contributed by atoms with Crippen LogP contribution in [0.15, 0.2) is 0 Å². The van der Waals surface area contributed by atoms with Gasteiger partial charge in [-0.1, -0.05) is 20.3 Å². The SMILES string of the molecule is CCCCN(C1CC1)C1CCC1CNCC. The van der Waals surface area contributed by atoms with Gasteiger partial charge < -0.3 is 5.32 Å². The van der Waals surface area contributed by atoms with Gasteiger partial charge >= 0.3 is 0 Å². The van der Waals surface area contributed by atoms with E-state index in [-0.39, 0.29) is 0 Å². The van der Waals surface area contributed by atoms with Gasteiger partial charge in [0.1, 0.15) is 0 Å². The minimum Gasteiger partial charge on any atom is -0.317 e. The molecule has 16 heavy (non-hydrogen) atoms. The molecule has 0 aromatic carbocycles. The van der Waals surface area contributed by atoms with E-state index >= 15 is 0 Å². The lowest BCUT2D eigenvalue weighted by molar-refractivity contribution is 0.0540. The van der Waals surface area contributed by atoms with Crippen molar-refractivity contribution in [1.82, 2.24) is 10.2 Å². The van der Waals surface area contributed by atoms with Crippen LogP contribution in [-0.4, -0.2) is 36.6 Å². The van der Waals surface area contributed by atoms with Crippen LogP contribution in [0, 0.1) is 5.92 Å². The summed E-state index contributed by atoms with van der Waals surface area (Å²) in [5, 5.41) is 3.52. The zero-order valence-electron chi connectivity index (χ0n) is 11.0. The minimum absolute atomic E-state index is 0.915. The van der Waals surface area contributed by atoms with E-state index in [2.05, 4.69) is 24.1 Å². The monoisotopic (exact) mass is 224 g/mol. The molecule has 2 unspecified atom stereocenters. The summed E-state index contributed by atoms with van der Waals surface area (Å²) in [6.07, 6.45) is 8.57.